The third kappa shape index (κ3) is 4.61. The second kappa shape index (κ2) is 8.53. The molecule has 1 rings (SSSR count). The average Bonchev–Trinajstić information content (AvgIpc) is 2.30. The predicted octanol–water partition coefficient (Wildman–Crippen LogP) is 3.04. The van der Waals surface area contributed by atoms with Crippen LogP contribution in [0, 0.1) is 5.82 Å². The number of rotatable bonds is 6. The molecule has 1 aromatic carbocycles. The van der Waals surface area contributed by atoms with E-state index >= 15 is 0 Å². The number of ether oxygens (including phenoxy) is 1. The van der Waals surface area contributed by atoms with Gasteiger partial charge >= 0.3 is 0 Å². The van der Waals surface area contributed by atoms with Crippen molar-refractivity contribution >= 4 is 24.0 Å². The highest BCUT2D eigenvalue weighted by Gasteiger charge is 2.14. The van der Waals surface area contributed by atoms with Gasteiger partial charge in [0.15, 0.2) is 11.6 Å². The Morgan fingerprint density at radius 2 is 2.11 bits per heavy atom. The molecule has 0 aromatic heterocycles. The third-order valence-electron chi connectivity index (χ3n) is 2.46. The summed E-state index contributed by atoms with van der Waals surface area (Å²) in [6.07, 6.45) is 1.51. The fraction of sp³-hybridized carbons (Fsp3) is 0.500. The summed E-state index contributed by atoms with van der Waals surface area (Å²) in [5.41, 5.74) is 12.0. The fourth-order valence-corrected chi connectivity index (χ4v) is 1.85. The van der Waals surface area contributed by atoms with Crippen LogP contribution >= 0.6 is 24.0 Å². The van der Waals surface area contributed by atoms with Crippen molar-refractivity contribution in [3.05, 3.63) is 28.5 Å². The number of nitrogens with two attached hydrogens (primary N) is 2. The van der Waals surface area contributed by atoms with Crippen LogP contribution < -0.4 is 16.2 Å². The molecule has 0 aliphatic rings. The summed E-state index contributed by atoms with van der Waals surface area (Å²) in [5.74, 6) is -0.388. The van der Waals surface area contributed by atoms with Gasteiger partial charge < -0.3 is 16.2 Å². The molecule has 0 fully saturated rings. The highest BCUT2D eigenvalue weighted by Crippen LogP contribution is 2.31. The Kier molecular flexibility index (Phi) is 8.27. The SMILES string of the molecule is CCOc1c(F)cc([C@@H](N)CCCN)cc1Cl.Cl. The van der Waals surface area contributed by atoms with Crippen molar-refractivity contribution in [2.45, 2.75) is 25.8 Å². The highest BCUT2D eigenvalue weighted by atomic mass is 35.5. The van der Waals surface area contributed by atoms with Gasteiger partial charge in [-0.25, -0.2) is 4.39 Å². The summed E-state index contributed by atoms with van der Waals surface area (Å²) < 4.78 is 18.8. The lowest BCUT2D eigenvalue weighted by molar-refractivity contribution is 0.321. The first-order valence-electron chi connectivity index (χ1n) is 5.67. The molecule has 4 N–H and O–H groups in total. The molecule has 18 heavy (non-hydrogen) atoms. The third-order valence-corrected chi connectivity index (χ3v) is 2.74. The zero-order valence-corrected chi connectivity index (χ0v) is 11.9. The molecule has 0 unspecified atom stereocenters. The molecule has 0 heterocycles. The van der Waals surface area contributed by atoms with Gasteiger partial charge in [-0.1, -0.05) is 11.6 Å². The first kappa shape index (κ1) is 17.4. The lowest BCUT2D eigenvalue weighted by atomic mass is 10.0. The largest absolute Gasteiger partial charge is 0.489 e. The standard InChI is InChI=1S/C12H18ClFN2O.ClH/c1-2-17-12-9(13)6-8(7-10(12)14)11(16)4-3-5-15;/h6-7,11H,2-5,15-16H2,1H3;1H/t11-;/m0./s1. The fourth-order valence-electron chi connectivity index (χ4n) is 1.58. The summed E-state index contributed by atoms with van der Waals surface area (Å²) in [6.45, 7) is 2.72. The van der Waals surface area contributed by atoms with Gasteiger partial charge in [-0.15, -0.1) is 12.4 Å². The van der Waals surface area contributed by atoms with E-state index in [2.05, 4.69) is 0 Å². The lowest BCUT2D eigenvalue weighted by Crippen LogP contribution is -2.13. The van der Waals surface area contributed by atoms with Crippen molar-refractivity contribution < 1.29 is 9.13 Å². The van der Waals surface area contributed by atoms with Crippen LogP contribution in [0.25, 0.3) is 0 Å². The zero-order chi connectivity index (χ0) is 12.8. The summed E-state index contributed by atoms with van der Waals surface area (Å²) >= 11 is 5.95. The van der Waals surface area contributed by atoms with E-state index in [0.717, 1.165) is 6.42 Å². The van der Waals surface area contributed by atoms with Crippen LogP contribution in [0.1, 0.15) is 31.4 Å². The Labute approximate surface area is 118 Å². The van der Waals surface area contributed by atoms with Crippen LogP contribution in [-0.2, 0) is 0 Å². The number of hydrogen-bond donors (Lipinski definition) is 2. The van der Waals surface area contributed by atoms with Crippen molar-refractivity contribution in [2.24, 2.45) is 11.5 Å². The molecular weight excluding hydrogens is 278 g/mol. The minimum Gasteiger partial charge on any atom is -0.489 e. The molecule has 0 amide bonds. The van der Waals surface area contributed by atoms with E-state index in [-0.39, 0.29) is 29.2 Å². The summed E-state index contributed by atoms with van der Waals surface area (Å²) in [7, 11) is 0. The summed E-state index contributed by atoms with van der Waals surface area (Å²) in [4.78, 5) is 0. The van der Waals surface area contributed by atoms with E-state index in [4.69, 9.17) is 27.8 Å². The van der Waals surface area contributed by atoms with E-state index in [0.29, 0.717) is 25.1 Å². The predicted molar refractivity (Wildman–Crippen MR) is 75.0 cm³/mol. The van der Waals surface area contributed by atoms with Crippen LogP contribution in [0.4, 0.5) is 4.39 Å². The molecule has 1 aromatic rings. The van der Waals surface area contributed by atoms with Gasteiger partial charge in [-0.05, 0) is 44.0 Å². The van der Waals surface area contributed by atoms with E-state index in [9.17, 15) is 4.39 Å². The molecular formula is C12H19Cl2FN2O. The molecule has 0 aliphatic heterocycles. The quantitative estimate of drug-likeness (QED) is 0.848. The number of halogens is 3. The Morgan fingerprint density at radius 1 is 1.44 bits per heavy atom. The minimum absolute atomic E-state index is 0. The van der Waals surface area contributed by atoms with Crippen molar-refractivity contribution in [2.75, 3.05) is 13.2 Å². The average molecular weight is 297 g/mol. The lowest BCUT2D eigenvalue weighted by Gasteiger charge is -2.14. The number of benzene rings is 1. The van der Waals surface area contributed by atoms with E-state index in [1.54, 1.807) is 13.0 Å². The monoisotopic (exact) mass is 296 g/mol. The van der Waals surface area contributed by atoms with Gasteiger partial charge in [-0.2, -0.15) is 0 Å². The van der Waals surface area contributed by atoms with Crippen molar-refractivity contribution in [3.8, 4) is 5.75 Å². The molecule has 0 spiro atoms. The molecule has 0 saturated heterocycles. The molecule has 104 valence electrons. The Hall–Kier alpha value is -0.550. The van der Waals surface area contributed by atoms with Crippen molar-refractivity contribution in [1.82, 2.24) is 0 Å². The van der Waals surface area contributed by atoms with Crippen LogP contribution in [0.3, 0.4) is 0 Å². The molecule has 0 saturated carbocycles. The normalized spacial score (nSPS) is 11.8. The minimum atomic E-state index is -0.474. The summed E-state index contributed by atoms with van der Waals surface area (Å²) in [6, 6.07) is 2.77. The highest BCUT2D eigenvalue weighted by molar-refractivity contribution is 6.32. The van der Waals surface area contributed by atoms with Gasteiger partial charge in [0.25, 0.3) is 0 Å². The van der Waals surface area contributed by atoms with Crippen LogP contribution in [0.2, 0.25) is 5.02 Å². The maximum Gasteiger partial charge on any atom is 0.173 e. The van der Waals surface area contributed by atoms with Gasteiger partial charge in [0.05, 0.1) is 11.6 Å². The maximum absolute atomic E-state index is 13.7. The van der Waals surface area contributed by atoms with Gasteiger partial charge in [-0.3, -0.25) is 0 Å². The van der Waals surface area contributed by atoms with Crippen molar-refractivity contribution in [3.63, 3.8) is 0 Å². The van der Waals surface area contributed by atoms with Crippen LogP contribution in [0.5, 0.6) is 5.75 Å². The van der Waals surface area contributed by atoms with Crippen molar-refractivity contribution in [1.29, 1.82) is 0 Å². The number of hydrogen-bond acceptors (Lipinski definition) is 3. The molecule has 0 bridgehead atoms. The van der Waals surface area contributed by atoms with E-state index < -0.39 is 5.82 Å². The summed E-state index contributed by atoms with van der Waals surface area (Å²) in [5, 5.41) is 0.255. The molecule has 0 radical (unpaired) electrons. The van der Waals surface area contributed by atoms with Gasteiger partial charge in [0, 0.05) is 6.04 Å². The second-order valence-corrected chi connectivity index (χ2v) is 4.19. The van der Waals surface area contributed by atoms with Gasteiger partial charge in [0.1, 0.15) is 0 Å². The Bertz CT molecular complexity index is 354. The topological polar surface area (TPSA) is 61.3 Å². The maximum atomic E-state index is 13.7. The second-order valence-electron chi connectivity index (χ2n) is 3.78. The Balaban J connectivity index is 0.00000289. The molecule has 3 nitrogen and oxygen atoms in total. The molecule has 0 aliphatic carbocycles. The zero-order valence-electron chi connectivity index (χ0n) is 10.3. The van der Waals surface area contributed by atoms with E-state index in [1.807, 2.05) is 0 Å². The molecule has 6 heteroatoms. The van der Waals surface area contributed by atoms with Crippen LogP contribution in [0.15, 0.2) is 12.1 Å². The Morgan fingerprint density at radius 3 is 2.61 bits per heavy atom. The van der Waals surface area contributed by atoms with Gasteiger partial charge in [0.2, 0.25) is 0 Å². The smallest absolute Gasteiger partial charge is 0.173 e. The first-order chi connectivity index (χ1) is 8.10. The van der Waals surface area contributed by atoms with E-state index in [1.165, 1.54) is 6.07 Å². The first-order valence-corrected chi connectivity index (χ1v) is 6.05. The molecule has 1 atom stereocenters. The van der Waals surface area contributed by atoms with Crippen LogP contribution in [-0.4, -0.2) is 13.2 Å².